The van der Waals surface area contributed by atoms with E-state index in [2.05, 4.69) is 215 Å². The maximum absolute atomic E-state index is 6.87. The predicted molar refractivity (Wildman–Crippen MR) is 285 cm³/mol. The summed E-state index contributed by atoms with van der Waals surface area (Å²) in [5, 5.41) is 13.8. The minimum absolute atomic E-state index is 0.584. The molecular weight excluding hydrogens is 843 g/mol. The van der Waals surface area contributed by atoms with Crippen LogP contribution in [-0.4, -0.2) is 24.1 Å². The molecule has 0 aliphatic rings. The van der Waals surface area contributed by atoms with E-state index in [9.17, 15) is 0 Å². The molecule has 0 aliphatic carbocycles. The van der Waals surface area contributed by atoms with E-state index < -0.39 is 0 Å². The zero-order chi connectivity index (χ0) is 45.2. The lowest BCUT2D eigenvalue weighted by atomic mass is 10.0. The van der Waals surface area contributed by atoms with Crippen molar-refractivity contribution in [2.75, 3.05) is 0 Å². The van der Waals surface area contributed by atoms with Gasteiger partial charge >= 0.3 is 0 Å². The standard InChI is InChI=1S/C63H37N5O/c1-3-17-39(18-4-1)61-64-62(66-63(65-61)48-27-15-29-53-59(48)47-26-13-14-28-52(47)67(53)43-21-5-2-6-22-43)42-31-33-57-49(35-42)50-37-56(45-24-11-12-25-46(45)60(50)69-57)68-54-32-30-38-16-9-10-23-44(38)58(54)51-34-40-19-7-8-20-41(40)36-55(51)68/h1-37H. The van der Waals surface area contributed by atoms with Crippen LogP contribution in [0.15, 0.2) is 229 Å². The van der Waals surface area contributed by atoms with Crippen LogP contribution in [0.4, 0.5) is 0 Å². The van der Waals surface area contributed by atoms with Gasteiger partial charge in [0.15, 0.2) is 17.5 Å². The highest BCUT2D eigenvalue weighted by atomic mass is 16.3. The van der Waals surface area contributed by atoms with E-state index in [1.807, 2.05) is 18.2 Å². The summed E-state index contributed by atoms with van der Waals surface area (Å²) in [5.41, 5.74) is 11.1. The molecule has 0 unspecified atom stereocenters. The highest BCUT2D eigenvalue weighted by Crippen LogP contribution is 2.44. The summed E-state index contributed by atoms with van der Waals surface area (Å²) in [7, 11) is 0. The van der Waals surface area contributed by atoms with Gasteiger partial charge in [-0.1, -0.05) is 158 Å². The lowest BCUT2D eigenvalue weighted by Crippen LogP contribution is -2.00. The van der Waals surface area contributed by atoms with Crippen molar-refractivity contribution in [1.82, 2.24) is 24.1 Å². The minimum atomic E-state index is 0.584. The molecule has 320 valence electrons. The summed E-state index contributed by atoms with van der Waals surface area (Å²) in [6.45, 7) is 0. The summed E-state index contributed by atoms with van der Waals surface area (Å²) < 4.78 is 11.7. The van der Waals surface area contributed by atoms with Crippen LogP contribution in [0.2, 0.25) is 0 Å². The first-order chi connectivity index (χ1) is 34.2. The number of fused-ring (bicyclic) bond motifs is 14. The Hall–Kier alpha value is -9.39. The lowest BCUT2D eigenvalue weighted by Gasteiger charge is -2.13. The van der Waals surface area contributed by atoms with Crippen LogP contribution < -0.4 is 0 Å². The van der Waals surface area contributed by atoms with Crippen molar-refractivity contribution in [2.45, 2.75) is 0 Å². The summed E-state index contributed by atoms with van der Waals surface area (Å²) in [6.07, 6.45) is 0. The fraction of sp³-hybridized carbons (Fsp3) is 0. The minimum Gasteiger partial charge on any atom is -0.455 e. The monoisotopic (exact) mass is 879 g/mol. The Balaban J connectivity index is 0.982. The van der Waals surface area contributed by atoms with Gasteiger partial charge in [0, 0.05) is 65.5 Å². The van der Waals surface area contributed by atoms with Crippen molar-refractivity contribution in [1.29, 1.82) is 0 Å². The maximum atomic E-state index is 6.87. The molecule has 0 fully saturated rings. The summed E-state index contributed by atoms with van der Waals surface area (Å²) in [5.74, 6) is 1.80. The molecule has 0 bridgehead atoms. The molecule has 0 spiro atoms. The fourth-order valence-corrected chi connectivity index (χ4v) is 11.0. The molecule has 0 amide bonds. The topological polar surface area (TPSA) is 61.7 Å². The third-order valence-electron chi connectivity index (χ3n) is 14.1. The van der Waals surface area contributed by atoms with Gasteiger partial charge < -0.3 is 13.6 Å². The zero-order valence-corrected chi connectivity index (χ0v) is 37.0. The lowest BCUT2D eigenvalue weighted by molar-refractivity contribution is 0.672. The van der Waals surface area contributed by atoms with Gasteiger partial charge in [-0.15, -0.1) is 0 Å². The molecule has 0 aliphatic heterocycles. The van der Waals surface area contributed by atoms with Crippen LogP contribution in [0, 0.1) is 0 Å². The average Bonchev–Trinajstić information content (AvgIpc) is 4.07. The third kappa shape index (κ3) is 5.63. The summed E-state index contributed by atoms with van der Waals surface area (Å²) in [4.78, 5) is 15.8. The van der Waals surface area contributed by atoms with Gasteiger partial charge in [-0.3, -0.25) is 0 Å². The van der Waals surface area contributed by atoms with Gasteiger partial charge in [0.1, 0.15) is 11.2 Å². The summed E-state index contributed by atoms with van der Waals surface area (Å²) in [6, 6.07) is 79.7. The molecule has 15 rings (SSSR count). The van der Waals surface area contributed by atoms with Crippen molar-refractivity contribution in [3.8, 4) is 45.5 Å². The van der Waals surface area contributed by atoms with Crippen LogP contribution >= 0.6 is 0 Å². The first kappa shape index (κ1) is 37.8. The Kier molecular flexibility index (Phi) is 7.97. The number of rotatable bonds is 5. The Morgan fingerprint density at radius 2 is 0.957 bits per heavy atom. The number of furan rings is 1. The number of hydrogen-bond acceptors (Lipinski definition) is 4. The van der Waals surface area contributed by atoms with E-state index in [4.69, 9.17) is 19.4 Å². The average molecular weight is 880 g/mol. The number of aromatic nitrogens is 5. The molecule has 6 heteroatoms. The Morgan fingerprint density at radius 3 is 1.78 bits per heavy atom. The Morgan fingerprint density at radius 1 is 0.319 bits per heavy atom. The first-order valence-corrected chi connectivity index (χ1v) is 23.3. The fourth-order valence-electron chi connectivity index (χ4n) is 11.0. The largest absolute Gasteiger partial charge is 0.455 e. The van der Waals surface area contributed by atoms with Gasteiger partial charge in [-0.25, -0.2) is 15.0 Å². The Bertz CT molecular complexity index is 4600. The molecule has 0 radical (unpaired) electrons. The zero-order valence-electron chi connectivity index (χ0n) is 37.0. The molecule has 0 saturated heterocycles. The van der Waals surface area contributed by atoms with Crippen LogP contribution in [0.5, 0.6) is 0 Å². The molecule has 15 aromatic rings. The van der Waals surface area contributed by atoms with Gasteiger partial charge in [-0.05, 0) is 88.3 Å². The van der Waals surface area contributed by atoms with E-state index >= 15 is 0 Å². The number of nitrogens with zero attached hydrogens (tertiary/aromatic N) is 5. The van der Waals surface area contributed by atoms with Crippen molar-refractivity contribution in [3.63, 3.8) is 0 Å². The van der Waals surface area contributed by atoms with Crippen LogP contribution in [0.25, 0.3) is 143 Å². The van der Waals surface area contributed by atoms with E-state index in [-0.39, 0.29) is 0 Å². The second-order valence-corrected chi connectivity index (χ2v) is 17.9. The van der Waals surface area contributed by atoms with Gasteiger partial charge in [0.2, 0.25) is 0 Å². The SMILES string of the molecule is c1ccc(-c2nc(-c3ccc4oc5c6ccccc6c(-n6c7cc8ccccc8cc7c7c8ccccc8ccc76)cc5c4c3)nc(-c3cccc4c3c3ccccc3n4-c3ccccc3)n2)cc1. The van der Waals surface area contributed by atoms with Gasteiger partial charge in [-0.2, -0.15) is 0 Å². The normalized spacial score (nSPS) is 12.1. The van der Waals surface area contributed by atoms with Gasteiger partial charge in [0.25, 0.3) is 0 Å². The molecule has 11 aromatic carbocycles. The second-order valence-electron chi connectivity index (χ2n) is 17.9. The highest BCUT2D eigenvalue weighted by Gasteiger charge is 2.23. The molecule has 4 aromatic heterocycles. The number of benzene rings is 11. The predicted octanol–water partition coefficient (Wildman–Crippen LogP) is 16.4. The molecule has 4 heterocycles. The molecular formula is C63H37N5O. The van der Waals surface area contributed by atoms with Crippen LogP contribution in [0.3, 0.4) is 0 Å². The molecule has 0 atom stereocenters. The molecule has 0 saturated carbocycles. The van der Waals surface area contributed by atoms with Crippen molar-refractivity contribution in [3.05, 3.63) is 224 Å². The smallest absolute Gasteiger partial charge is 0.164 e. The molecule has 0 N–H and O–H groups in total. The summed E-state index contributed by atoms with van der Waals surface area (Å²) >= 11 is 0. The maximum Gasteiger partial charge on any atom is 0.164 e. The highest BCUT2D eigenvalue weighted by molar-refractivity contribution is 6.25. The van der Waals surface area contributed by atoms with Gasteiger partial charge in [0.05, 0.1) is 27.8 Å². The van der Waals surface area contributed by atoms with Crippen LogP contribution in [0.1, 0.15) is 0 Å². The van der Waals surface area contributed by atoms with Crippen LogP contribution in [-0.2, 0) is 0 Å². The van der Waals surface area contributed by atoms with Crippen molar-refractivity contribution < 1.29 is 4.42 Å². The number of hydrogen-bond donors (Lipinski definition) is 0. The third-order valence-corrected chi connectivity index (χ3v) is 14.1. The first-order valence-electron chi connectivity index (χ1n) is 23.3. The van der Waals surface area contributed by atoms with E-state index in [1.54, 1.807) is 0 Å². The van der Waals surface area contributed by atoms with E-state index in [1.165, 1.54) is 32.3 Å². The second kappa shape index (κ2) is 14.6. The quantitative estimate of drug-likeness (QED) is 0.173. The van der Waals surface area contributed by atoms with Crippen molar-refractivity contribution in [2.24, 2.45) is 0 Å². The Labute approximate surface area is 394 Å². The molecule has 6 nitrogen and oxygen atoms in total. The number of para-hydroxylation sites is 2. The van der Waals surface area contributed by atoms with E-state index in [0.717, 1.165) is 93.6 Å². The van der Waals surface area contributed by atoms with E-state index in [0.29, 0.717) is 17.5 Å². The van der Waals surface area contributed by atoms with Crippen molar-refractivity contribution >= 4 is 97.9 Å². The molecule has 69 heavy (non-hydrogen) atoms.